The lowest BCUT2D eigenvalue weighted by molar-refractivity contribution is 0.0590. The standard InChI is InChI=1S/C32H26N2O6/c35-15-3-1-13-33-29(37)21-9-5-17-19-7-11-23-28-24(32(40)34(31(23)39)14-2-4-16-36)12-8-20(26(19)28)18-6-10-22(30(33)38)27(21)25(17)18/h5-12,35-36H,1-4,13-16H2. The number of amides is 4. The molecule has 0 bridgehead atoms. The lowest BCUT2D eigenvalue weighted by Crippen LogP contribution is -2.41. The molecule has 8 nitrogen and oxygen atoms in total. The first kappa shape index (κ1) is 24.6. The van der Waals surface area contributed by atoms with E-state index in [1.54, 1.807) is 24.3 Å². The monoisotopic (exact) mass is 534 g/mol. The number of unbranched alkanes of at least 4 members (excludes halogenated alkanes) is 2. The molecular formula is C32H26N2O6. The summed E-state index contributed by atoms with van der Waals surface area (Å²) in [6, 6.07) is 14.6. The van der Waals surface area contributed by atoms with Crippen LogP contribution in [0, 0.1) is 0 Å². The van der Waals surface area contributed by atoms with Crippen molar-refractivity contribution in [3.05, 3.63) is 70.8 Å². The summed E-state index contributed by atoms with van der Waals surface area (Å²) in [6.45, 7) is 0.496. The molecule has 0 atom stereocenters. The molecule has 0 aromatic heterocycles. The molecule has 0 fully saturated rings. The molecule has 2 aliphatic heterocycles. The van der Waals surface area contributed by atoms with Crippen LogP contribution in [-0.4, -0.2) is 69.9 Å². The van der Waals surface area contributed by atoms with Crippen molar-refractivity contribution >= 4 is 66.7 Å². The number of aliphatic hydroxyl groups is 2. The average molecular weight is 535 g/mol. The van der Waals surface area contributed by atoms with Gasteiger partial charge in [-0.1, -0.05) is 24.3 Å². The quantitative estimate of drug-likeness (QED) is 0.131. The van der Waals surface area contributed by atoms with Crippen molar-refractivity contribution in [2.75, 3.05) is 26.3 Å². The van der Waals surface area contributed by atoms with Crippen molar-refractivity contribution in [1.82, 2.24) is 9.80 Å². The van der Waals surface area contributed by atoms with Gasteiger partial charge in [0.25, 0.3) is 23.6 Å². The molecule has 0 saturated carbocycles. The van der Waals surface area contributed by atoms with Crippen molar-refractivity contribution in [3.8, 4) is 0 Å². The van der Waals surface area contributed by atoms with E-state index in [0.29, 0.717) is 58.7 Å². The number of hydrogen-bond acceptors (Lipinski definition) is 6. The average Bonchev–Trinajstić information content (AvgIpc) is 2.97. The number of carbonyl (C=O) groups is 4. The van der Waals surface area contributed by atoms with Crippen LogP contribution in [0.5, 0.6) is 0 Å². The predicted molar refractivity (Wildman–Crippen MR) is 151 cm³/mol. The molecule has 0 aliphatic carbocycles. The summed E-state index contributed by atoms with van der Waals surface area (Å²) >= 11 is 0. The third-order valence-electron chi connectivity index (χ3n) is 8.38. The Hall–Kier alpha value is -4.40. The van der Waals surface area contributed by atoms with Gasteiger partial charge in [-0.3, -0.25) is 29.0 Å². The number of aliphatic hydroxyl groups excluding tert-OH is 2. The lowest BCUT2D eigenvalue weighted by Gasteiger charge is -2.30. The first-order valence-corrected chi connectivity index (χ1v) is 13.6. The largest absolute Gasteiger partial charge is 0.396 e. The highest BCUT2D eigenvalue weighted by atomic mass is 16.3. The Bertz CT molecular complexity index is 1670. The normalized spacial score (nSPS) is 15.2. The molecule has 0 spiro atoms. The van der Waals surface area contributed by atoms with Gasteiger partial charge in [0.15, 0.2) is 0 Å². The molecule has 0 unspecified atom stereocenters. The zero-order chi connectivity index (χ0) is 27.7. The van der Waals surface area contributed by atoms with E-state index in [-0.39, 0.29) is 49.9 Å². The van der Waals surface area contributed by atoms with Crippen molar-refractivity contribution in [2.45, 2.75) is 25.7 Å². The zero-order valence-electron chi connectivity index (χ0n) is 21.7. The highest BCUT2D eigenvalue weighted by Crippen LogP contribution is 2.46. The minimum absolute atomic E-state index is 0.00241. The SMILES string of the molecule is O=C1c2ccc3c4ccc5c6c(ccc(c7ccc(c2c37)C(=O)N1CCCCO)c64)C(=O)N(CCCCO)C5=O. The summed E-state index contributed by atoms with van der Waals surface area (Å²) in [6.07, 6.45) is 2.07. The fourth-order valence-corrected chi connectivity index (χ4v) is 6.54. The predicted octanol–water partition coefficient (Wildman–Crippen LogP) is 4.47. The molecular weight excluding hydrogens is 508 g/mol. The molecule has 2 heterocycles. The highest BCUT2D eigenvalue weighted by Gasteiger charge is 2.36. The Labute approximate surface area is 228 Å². The van der Waals surface area contributed by atoms with E-state index in [1.807, 2.05) is 24.3 Å². The van der Waals surface area contributed by atoms with E-state index in [1.165, 1.54) is 9.80 Å². The fraction of sp³-hybridized carbons (Fsp3) is 0.250. The van der Waals surface area contributed by atoms with Crippen LogP contribution in [0.3, 0.4) is 0 Å². The molecule has 2 aliphatic rings. The van der Waals surface area contributed by atoms with Gasteiger partial charge < -0.3 is 10.2 Å². The molecule has 2 N–H and O–H groups in total. The summed E-state index contributed by atoms with van der Waals surface area (Å²) < 4.78 is 0. The van der Waals surface area contributed by atoms with Gasteiger partial charge in [0.2, 0.25) is 0 Å². The second kappa shape index (κ2) is 9.08. The molecule has 5 aromatic carbocycles. The molecule has 0 radical (unpaired) electrons. The van der Waals surface area contributed by atoms with Crippen molar-refractivity contribution in [1.29, 1.82) is 0 Å². The maximum absolute atomic E-state index is 13.5. The number of hydrogen-bond donors (Lipinski definition) is 2. The smallest absolute Gasteiger partial charge is 0.261 e. The first-order chi connectivity index (χ1) is 19.5. The zero-order valence-corrected chi connectivity index (χ0v) is 21.7. The second-order valence-electron chi connectivity index (χ2n) is 10.5. The minimum atomic E-state index is -0.340. The van der Waals surface area contributed by atoms with Gasteiger partial charge in [0, 0.05) is 59.3 Å². The van der Waals surface area contributed by atoms with Gasteiger partial charge in [-0.15, -0.1) is 0 Å². The van der Waals surface area contributed by atoms with Crippen LogP contribution in [0.4, 0.5) is 0 Å². The van der Waals surface area contributed by atoms with Gasteiger partial charge in [0.1, 0.15) is 0 Å². The van der Waals surface area contributed by atoms with Crippen molar-refractivity contribution in [3.63, 3.8) is 0 Å². The maximum atomic E-state index is 13.5. The van der Waals surface area contributed by atoms with Crippen LogP contribution in [0.1, 0.15) is 67.1 Å². The van der Waals surface area contributed by atoms with E-state index in [4.69, 9.17) is 10.2 Å². The fourth-order valence-electron chi connectivity index (χ4n) is 6.54. The van der Waals surface area contributed by atoms with Gasteiger partial charge in [-0.25, -0.2) is 0 Å². The molecule has 7 rings (SSSR count). The molecule has 5 aromatic rings. The number of benzene rings is 5. The summed E-state index contributed by atoms with van der Waals surface area (Å²) in [7, 11) is 0. The van der Waals surface area contributed by atoms with E-state index in [2.05, 4.69) is 0 Å². The third kappa shape index (κ3) is 3.20. The molecule has 8 heteroatoms. The van der Waals surface area contributed by atoms with Crippen molar-refractivity contribution in [2.24, 2.45) is 0 Å². The van der Waals surface area contributed by atoms with Gasteiger partial charge in [-0.05, 0) is 82.3 Å². The Morgan fingerprint density at radius 3 is 1.00 bits per heavy atom. The van der Waals surface area contributed by atoms with E-state index in [9.17, 15) is 19.2 Å². The molecule has 40 heavy (non-hydrogen) atoms. The number of rotatable bonds is 8. The van der Waals surface area contributed by atoms with E-state index < -0.39 is 0 Å². The first-order valence-electron chi connectivity index (χ1n) is 13.6. The molecule has 0 saturated heterocycles. The van der Waals surface area contributed by atoms with E-state index in [0.717, 1.165) is 32.3 Å². The number of imide groups is 2. The minimum Gasteiger partial charge on any atom is -0.396 e. The summed E-state index contributed by atoms with van der Waals surface area (Å²) in [5.74, 6) is -1.36. The van der Waals surface area contributed by atoms with Crippen LogP contribution in [0.2, 0.25) is 0 Å². The summed E-state index contributed by atoms with van der Waals surface area (Å²) in [5, 5.41) is 24.6. The van der Waals surface area contributed by atoms with Gasteiger partial charge in [0.05, 0.1) is 0 Å². The number of nitrogens with zero attached hydrogens (tertiary/aromatic N) is 2. The lowest BCUT2D eigenvalue weighted by atomic mass is 9.82. The van der Waals surface area contributed by atoms with Gasteiger partial charge >= 0.3 is 0 Å². The molecule has 4 amide bonds. The Morgan fingerprint density at radius 2 is 0.725 bits per heavy atom. The second-order valence-corrected chi connectivity index (χ2v) is 10.5. The van der Waals surface area contributed by atoms with E-state index >= 15 is 0 Å². The van der Waals surface area contributed by atoms with Crippen molar-refractivity contribution < 1.29 is 29.4 Å². The number of carbonyl (C=O) groups excluding carboxylic acids is 4. The number of fused-ring (bicyclic) bond motifs is 2. The highest BCUT2D eigenvalue weighted by molar-refractivity contribution is 6.41. The van der Waals surface area contributed by atoms with Crippen LogP contribution >= 0.6 is 0 Å². The maximum Gasteiger partial charge on any atom is 0.261 e. The van der Waals surface area contributed by atoms with Crippen LogP contribution in [-0.2, 0) is 0 Å². The summed E-state index contributed by atoms with van der Waals surface area (Å²) in [4.78, 5) is 56.3. The Balaban J connectivity index is 1.47. The van der Waals surface area contributed by atoms with Crippen LogP contribution in [0.25, 0.3) is 43.1 Å². The summed E-state index contributed by atoms with van der Waals surface area (Å²) in [5.41, 5.74) is 1.88. The van der Waals surface area contributed by atoms with Crippen LogP contribution in [0.15, 0.2) is 48.5 Å². The topological polar surface area (TPSA) is 115 Å². The third-order valence-corrected chi connectivity index (χ3v) is 8.38. The Kier molecular flexibility index (Phi) is 5.59. The van der Waals surface area contributed by atoms with Gasteiger partial charge in [-0.2, -0.15) is 0 Å². The van der Waals surface area contributed by atoms with Crippen LogP contribution < -0.4 is 0 Å². The molecule has 200 valence electrons. The Morgan fingerprint density at radius 1 is 0.425 bits per heavy atom.